The van der Waals surface area contributed by atoms with Gasteiger partial charge >= 0.3 is 0 Å². The third-order valence-electron chi connectivity index (χ3n) is 6.89. The molecule has 0 unspecified atom stereocenters. The highest BCUT2D eigenvalue weighted by Gasteiger charge is 2.37. The molecule has 0 bridgehead atoms. The number of benzene rings is 4. The van der Waals surface area contributed by atoms with Crippen LogP contribution in [0.4, 0.5) is 17.1 Å². The Balaban J connectivity index is 1.71. The van der Waals surface area contributed by atoms with Gasteiger partial charge in [-0.2, -0.15) is 0 Å². The van der Waals surface area contributed by atoms with E-state index in [0.29, 0.717) is 33.2 Å². The number of hydrogen-bond acceptors (Lipinski definition) is 5. The van der Waals surface area contributed by atoms with E-state index < -0.39 is 16.7 Å². The van der Waals surface area contributed by atoms with E-state index >= 15 is 0 Å². The Morgan fingerprint density at radius 1 is 0.919 bits per heavy atom. The third-order valence-corrected chi connectivity index (χ3v) is 7.78. The molecular weight excluding hydrogens is 534 g/mol. The van der Waals surface area contributed by atoms with Crippen LogP contribution in [0.3, 0.4) is 0 Å². The molecule has 2 amide bonds. The van der Waals surface area contributed by atoms with Crippen LogP contribution >= 0.6 is 15.9 Å². The molecule has 0 spiro atoms. The summed E-state index contributed by atoms with van der Waals surface area (Å²) in [5.41, 5.74) is 3.65. The van der Waals surface area contributed by atoms with Crippen LogP contribution in [0, 0.1) is 17.0 Å². The molecule has 4 aromatic carbocycles. The van der Waals surface area contributed by atoms with Gasteiger partial charge in [-0.15, -0.1) is 0 Å². The highest BCUT2D eigenvalue weighted by Crippen LogP contribution is 2.43. The fourth-order valence-electron chi connectivity index (χ4n) is 5.03. The first-order valence-corrected chi connectivity index (χ1v) is 12.8. The number of nitro benzene ring substituents is 1. The minimum Gasteiger partial charge on any atom is -0.372 e. The van der Waals surface area contributed by atoms with Gasteiger partial charge in [0.15, 0.2) is 0 Å². The number of rotatable bonds is 6. The molecule has 0 fully saturated rings. The topological polar surface area (TPSA) is 83.8 Å². The molecule has 0 radical (unpaired) electrons. The number of nitro groups is 1. The van der Waals surface area contributed by atoms with Crippen LogP contribution in [0.25, 0.3) is 21.9 Å². The SMILES string of the molecule is CCN(CC)c1ccc(N2C(=O)c3cccc4c(-c5ccc(Br)c(C)c5)c([N+](=O)[O-])cc(c34)C2=O)cc1. The van der Waals surface area contributed by atoms with Crippen molar-refractivity contribution in [2.45, 2.75) is 20.8 Å². The average Bonchev–Trinajstić information content (AvgIpc) is 2.89. The largest absolute Gasteiger partial charge is 0.372 e. The summed E-state index contributed by atoms with van der Waals surface area (Å²) in [6.07, 6.45) is 0. The minimum atomic E-state index is -0.578. The zero-order valence-electron chi connectivity index (χ0n) is 20.6. The second-order valence-electron chi connectivity index (χ2n) is 8.90. The van der Waals surface area contributed by atoms with E-state index in [1.54, 1.807) is 36.4 Å². The molecule has 0 saturated carbocycles. The lowest BCUT2D eigenvalue weighted by Gasteiger charge is -2.28. The Labute approximate surface area is 222 Å². The second kappa shape index (κ2) is 9.44. The normalized spacial score (nSPS) is 12.8. The van der Waals surface area contributed by atoms with Crippen LogP contribution in [0.1, 0.15) is 40.1 Å². The van der Waals surface area contributed by atoms with E-state index in [1.807, 2.05) is 31.2 Å². The number of anilines is 2. The summed E-state index contributed by atoms with van der Waals surface area (Å²) in [4.78, 5) is 42.4. The molecule has 0 aliphatic carbocycles. The summed E-state index contributed by atoms with van der Waals surface area (Å²) in [5.74, 6) is -1.03. The van der Waals surface area contributed by atoms with E-state index in [9.17, 15) is 19.7 Å². The lowest BCUT2D eigenvalue weighted by molar-refractivity contribution is -0.384. The van der Waals surface area contributed by atoms with Crippen LogP contribution in [0.15, 0.2) is 71.2 Å². The standard InChI is InChI=1S/C29H24BrN3O4/c1-4-31(5-2)19-10-12-20(13-11-19)32-28(34)22-8-6-7-21-26(18-9-14-24(30)17(3)15-18)25(33(36)37)16-23(27(21)22)29(32)35/h6-16H,4-5H2,1-3H3. The molecule has 1 heterocycles. The molecule has 4 aromatic rings. The van der Waals surface area contributed by atoms with Crippen molar-refractivity contribution < 1.29 is 14.5 Å². The summed E-state index contributed by atoms with van der Waals surface area (Å²) >= 11 is 3.48. The fraction of sp³-hybridized carbons (Fsp3) is 0.172. The van der Waals surface area contributed by atoms with Gasteiger partial charge in [0.1, 0.15) is 0 Å². The van der Waals surface area contributed by atoms with Gasteiger partial charge in [0, 0.05) is 40.3 Å². The summed E-state index contributed by atoms with van der Waals surface area (Å²) < 4.78 is 0.884. The first-order chi connectivity index (χ1) is 17.8. The molecule has 37 heavy (non-hydrogen) atoms. The van der Waals surface area contributed by atoms with Crippen molar-refractivity contribution in [2.75, 3.05) is 22.9 Å². The van der Waals surface area contributed by atoms with Crippen molar-refractivity contribution in [1.29, 1.82) is 0 Å². The highest BCUT2D eigenvalue weighted by molar-refractivity contribution is 9.10. The maximum absolute atomic E-state index is 13.7. The Bertz CT molecular complexity index is 1590. The first-order valence-electron chi connectivity index (χ1n) is 12.0. The fourth-order valence-corrected chi connectivity index (χ4v) is 5.28. The highest BCUT2D eigenvalue weighted by atomic mass is 79.9. The van der Waals surface area contributed by atoms with Crippen molar-refractivity contribution in [3.05, 3.63) is 98.0 Å². The molecular formula is C29H24BrN3O4. The molecule has 5 rings (SSSR count). The molecule has 8 heteroatoms. The van der Waals surface area contributed by atoms with Gasteiger partial charge in [-0.1, -0.05) is 40.2 Å². The molecule has 0 aromatic heterocycles. The van der Waals surface area contributed by atoms with Crippen molar-refractivity contribution in [2.24, 2.45) is 0 Å². The molecule has 7 nitrogen and oxygen atoms in total. The van der Waals surface area contributed by atoms with E-state index in [1.165, 1.54) is 6.07 Å². The lowest BCUT2D eigenvalue weighted by atomic mass is 9.87. The minimum absolute atomic E-state index is 0.141. The zero-order valence-corrected chi connectivity index (χ0v) is 22.2. The predicted molar refractivity (Wildman–Crippen MR) is 150 cm³/mol. The average molecular weight is 558 g/mol. The van der Waals surface area contributed by atoms with Crippen LogP contribution in [0.5, 0.6) is 0 Å². The van der Waals surface area contributed by atoms with Gasteiger partial charge in [-0.25, -0.2) is 4.90 Å². The van der Waals surface area contributed by atoms with Gasteiger partial charge in [0.2, 0.25) is 0 Å². The quantitative estimate of drug-likeness (QED) is 0.143. The van der Waals surface area contributed by atoms with Crippen molar-refractivity contribution in [3.8, 4) is 11.1 Å². The summed E-state index contributed by atoms with van der Waals surface area (Å²) in [6, 6.07) is 19.1. The van der Waals surface area contributed by atoms with Crippen molar-refractivity contribution in [3.63, 3.8) is 0 Å². The van der Waals surface area contributed by atoms with Crippen LogP contribution in [-0.2, 0) is 0 Å². The molecule has 1 aliphatic heterocycles. The molecule has 0 N–H and O–H groups in total. The number of imide groups is 1. The van der Waals surface area contributed by atoms with Crippen LogP contribution in [0.2, 0.25) is 0 Å². The van der Waals surface area contributed by atoms with E-state index in [2.05, 4.69) is 34.7 Å². The van der Waals surface area contributed by atoms with Crippen molar-refractivity contribution in [1.82, 2.24) is 0 Å². The monoisotopic (exact) mass is 557 g/mol. The zero-order chi connectivity index (χ0) is 26.4. The Morgan fingerprint density at radius 2 is 1.59 bits per heavy atom. The Morgan fingerprint density at radius 3 is 2.22 bits per heavy atom. The number of hydrogen-bond donors (Lipinski definition) is 0. The van der Waals surface area contributed by atoms with E-state index in [4.69, 9.17) is 0 Å². The second-order valence-corrected chi connectivity index (χ2v) is 9.76. The number of carbonyl (C=O) groups excluding carboxylic acids is 2. The first kappa shape index (κ1) is 24.6. The van der Waals surface area contributed by atoms with Crippen LogP contribution in [-0.4, -0.2) is 29.8 Å². The number of aryl methyl sites for hydroxylation is 1. The Kier molecular flexibility index (Phi) is 6.29. The van der Waals surface area contributed by atoms with Crippen LogP contribution < -0.4 is 9.80 Å². The van der Waals surface area contributed by atoms with Gasteiger partial charge in [0.25, 0.3) is 17.5 Å². The predicted octanol–water partition coefficient (Wildman–Crippen LogP) is 7.13. The van der Waals surface area contributed by atoms with Gasteiger partial charge in [-0.3, -0.25) is 19.7 Å². The maximum Gasteiger partial charge on any atom is 0.278 e. The van der Waals surface area contributed by atoms with Gasteiger partial charge in [-0.05, 0) is 73.7 Å². The number of nitrogens with zero attached hydrogens (tertiary/aromatic N) is 3. The Hall–Kier alpha value is -4.04. The molecule has 186 valence electrons. The molecule has 1 aliphatic rings. The third kappa shape index (κ3) is 3.97. The number of halogens is 1. The summed E-state index contributed by atoms with van der Waals surface area (Å²) in [6.45, 7) is 7.68. The van der Waals surface area contributed by atoms with Crippen molar-refractivity contribution >= 4 is 55.6 Å². The van der Waals surface area contributed by atoms with E-state index in [0.717, 1.165) is 33.7 Å². The number of carbonyl (C=O) groups is 2. The summed E-state index contributed by atoms with van der Waals surface area (Å²) in [5, 5.41) is 13.2. The summed E-state index contributed by atoms with van der Waals surface area (Å²) in [7, 11) is 0. The van der Waals surface area contributed by atoms with Gasteiger partial charge < -0.3 is 4.90 Å². The van der Waals surface area contributed by atoms with Gasteiger partial charge in [0.05, 0.1) is 21.7 Å². The van der Waals surface area contributed by atoms with E-state index in [-0.39, 0.29) is 11.3 Å². The lowest BCUT2D eigenvalue weighted by Crippen LogP contribution is -2.40. The smallest absolute Gasteiger partial charge is 0.278 e. The number of amides is 2. The molecule has 0 saturated heterocycles. The molecule has 0 atom stereocenters. The maximum atomic E-state index is 13.7.